The molecule has 0 N–H and O–H groups in total. The molecule has 0 fully saturated rings. The maximum atomic E-state index is 13.6. The van der Waals surface area contributed by atoms with E-state index in [1.54, 1.807) is 48.5 Å². The molecule has 3 aromatic carbocycles. The van der Waals surface area contributed by atoms with E-state index in [2.05, 4.69) is 10.1 Å². The van der Waals surface area contributed by atoms with Crippen molar-refractivity contribution < 1.29 is 36.8 Å². The zero-order valence-electron chi connectivity index (χ0n) is 20.9. The minimum atomic E-state index is -5.01. The van der Waals surface area contributed by atoms with Gasteiger partial charge in [-0.3, -0.25) is 10.1 Å². The maximum Gasteiger partial charge on any atom is 0.479 e. The summed E-state index contributed by atoms with van der Waals surface area (Å²) in [6, 6.07) is 22.6. The van der Waals surface area contributed by atoms with Crippen LogP contribution >= 0.6 is 0 Å². The van der Waals surface area contributed by atoms with E-state index in [9.17, 15) is 28.5 Å². The SMILES string of the molecule is O=[N+]([O-])c1cc(-c2nc(-c3ccc[n+]([O-])c3C(F)(F)F)no2)cc(OCc2ccccc2)c1OCc1ccccc1. The van der Waals surface area contributed by atoms with Gasteiger partial charge in [-0.05, 0) is 23.3 Å². The Morgan fingerprint density at radius 1 is 0.902 bits per heavy atom. The number of alkyl halides is 3. The van der Waals surface area contributed by atoms with E-state index in [1.807, 2.05) is 12.1 Å². The van der Waals surface area contributed by atoms with Gasteiger partial charge in [-0.1, -0.05) is 65.8 Å². The number of nitrogens with zero attached hydrogens (tertiary/aromatic N) is 4. The van der Waals surface area contributed by atoms with Crippen molar-refractivity contribution in [3.8, 4) is 34.3 Å². The number of nitro benzene ring substituents is 1. The highest BCUT2D eigenvalue weighted by Gasteiger charge is 2.44. The highest BCUT2D eigenvalue weighted by molar-refractivity contribution is 5.70. The molecule has 10 nitrogen and oxygen atoms in total. The molecular weight excluding hydrogens is 545 g/mol. The Morgan fingerprint density at radius 2 is 1.54 bits per heavy atom. The third-order valence-electron chi connectivity index (χ3n) is 5.84. The summed E-state index contributed by atoms with van der Waals surface area (Å²) >= 11 is 0. The first-order chi connectivity index (χ1) is 19.7. The average molecular weight is 564 g/mol. The normalized spacial score (nSPS) is 11.3. The molecule has 0 saturated carbocycles. The molecule has 208 valence electrons. The lowest BCUT2D eigenvalue weighted by Crippen LogP contribution is -2.37. The van der Waals surface area contributed by atoms with Gasteiger partial charge in [0.1, 0.15) is 18.8 Å². The second-order valence-corrected chi connectivity index (χ2v) is 8.65. The summed E-state index contributed by atoms with van der Waals surface area (Å²) in [6.45, 7) is 0.0253. The number of nitro groups is 1. The number of ether oxygens (including phenoxy) is 2. The Morgan fingerprint density at radius 3 is 2.15 bits per heavy atom. The van der Waals surface area contributed by atoms with Gasteiger partial charge in [0, 0.05) is 12.1 Å². The van der Waals surface area contributed by atoms with Gasteiger partial charge in [-0.15, -0.1) is 0 Å². The minimum Gasteiger partial charge on any atom is -0.618 e. The molecule has 0 amide bonds. The van der Waals surface area contributed by atoms with Crippen molar-refractivity contribution in [1.29, 1.82) is 0 Å². The van der Waals surface area contributed by atoms with Gasteiger partial charge in [-0.2, -0.15) is 22.9 Å². The number of hydrogen-bond donors (Lipinski definition) is 0. The summed E-state index contributed by atoms with van der Waals surface area (Å²) in [5.41, 5.74) is -1.14. The van der Waals surface area contributed by atoms with Crippen LogP contribution in [0.4, 0.5) is 18.9 Å². The number of pyridine rings is 1. The third kappa shape index (κ3) is 6.08. The van der Waals surface area contributed by atoms with Crippen molar-refractivity contribution in [2.75, 3.05) is 0 Å². The van der Waals surface area contributed by atoms with E-state index < -0.39 is 33.9 Å². The van der Waals surface area contributed by atoms with Crippen LogP contribution in [0.25, 0.3) is 22.8 Å². The van der Waals surface area contributed by atoms with Gasteiger partial charge in [0.25, 0.3) is 5.89 Å². The molecule has 0 bridgehead atoms. The van der Waals surface area contributed by atoms with Crippen LogP contribution in [0.2, 0.25) is 0 Å². The van der Waals surface area contributed by atoms with Crippen LogP contribution in [0.1, 0.15) is 16.8 Å². The van der Waals surface area contributed by atoms with Gasteiger partial charge in [0.15, 0.2) is 11.9 Å². The van der Waals surface area contributed by atoms with E-state index in [1.165, 1.54) is 6.07 Å². The van der Waals surface area contributed by atoms with Crippen molar-refractivity contribution in [2.45, 2.75) is 19.4 Å². The molecule has 0 spiro atoms. The lowest BCUT2D eigenvalue weighted by molar-refractivity contribution is -0.628. The maximum absolute atomic E-state index is 13.6. The molecule has 0 radical (unpaired) electrons. The highest BCUT2D eigenvalue weighted by Crippen LogP contribution is 2.42. The molecule has 0 aliphatic carbocycles. The van der Waals surface area contributed by atoms with Gasteiger partial charge >= 0.3 is 17.6 Å². The molecule has 5 rings (SSSR count). The predicted molar refractivity (Wildman–Crippen MR) is 137 cm³/mol. The zero-order chi connectivity index (χ0) is 29.0. The smallest absolute Gasteiger partial charge is 0.479 e. The number of rotatable bonds is 9. The fraction of sp³-hybridized carbons (Fsp3) is 0.107. The molecule has 13 heteroatoms. The Kier molecular flexibility index (Phi) is 7.50. The van der Waals surface area contributed by atoms with Crippen molar-refractivity contribution in [3.05, 3.63) is 123 Å². The minimum absolute atomic E-state index is 0.00312. The Balaban J connectivity index is 1.56. The molecule has 0 saturated heterocycles. The Bertz CT molecular complexity index is 1680. The molecule has 2 heterocycles. The first-order valence-corrected chi connectivity index (χ1v) is 12.0. The van der Waals surface area contributed by atoms with Gasteiger partial charge in [-0.25, -0.2) is 0 Å². The summed E-state index contributed by atoms with van der Waals surface area (Å²) in [5.74, 6) is -1.05. The highest BCUT2D eigenvalue weighted by atomic mass is 19.4. The molecule has 5 aromatic rings. The van der Waals surface area contributed by atoms with Crippen molar-refractivity contribution in [2.24, 2.45) is 0 Å². The van der Waals surface area contributed by atoms with E-state index in [0.717, 1.165) is 29.3 Å². The van der Waals surface area contributed by atoms with Crippen LogP contribution in [-0.2, 0) is 19.4 Å². The van der Waals surface area contributed by atoms with Crippen molar-refractivity contribution in [1.82, 2.24) is 10.1 Å². The molecule has 41 heavy (non-hydrogen) atoms. The summed E-state index contributed by atoms with van der Waals surface area (Å²) in [5, 5.41) is 27.6. The second-order valence-electron chi connectivity index (χ2n) is 8.65. The average Bonchev–Trinajstić information content (AvgIpc) is 3.45. The number of benzene rings is 3. The van der Waals surface area contributed by atoms with E-state index in [-0.39, 0.29) is 40.9 Å². The van der Waals surface area contributed by atoms with Crippen molar-refractivity contribution >= 4 is 5.69 Å². The fourth-order valence-electron chi connectivity index (χ4n) is 3.96. The van der Waals surface area contributed by atoms with Crippen LogP contribution in [-0.4, -0.2) is 15.1 Å². The topological polar surface area (TPSA) is 127 Å². The summed E-state index contributed by atoms with van der Waals surface area (Å²) in [6.07, 6.45) is -4.31. The van der Waals surface area contributed by atoms with E-state index in [0.29, 0.717) is 6.20 Å². The first-order valence-electron chi connectivity index (χ1n) is 12.0. The standard InChI is InChI=1S/C28H19F3N4O6/c29-28(30,31)25-21(12-7-13-34(25)36)26-32-27(41-33-26)20-14-22(35(37)38)24(40-17-19-10-5-2-6-11-19)23(15-20)39-16-18-8-3-1-4-9-18/h1-15H,16-17H2. The monoisotopic (exact) mass is 564 g/mol. The van der Waals surface area contributed by atoms with E-state index >= 15 is 0 Å². The molecule has 0 aliphatic heterocycles. The van der Waals surface area contributed by atoms with Crippen LogP contribution in [0.5, 0.6) is 11.5 Å². The number of hydrogen-bond acceptors (Lipinski definition) is 8. The lowest BCUT2D eigenvalue weighted by atomic mass is 10.1. The lowest BCUT2D eigenvalue weighted by Gasteiger charge is -2.14. The van der Waals surface area contributed by atoms with Crippen LogP contribution in [0.3, 0.4) is 0 Å². The number of aromatic nitrogens is 3. The first kappa shape index (κ1) is 27.1. The van der Waals surface area contributed by atoms with Gasteiger partial charge in [0.2, 0.25) is 11.6 Å². The zero-order valence-corrected chi connectivity index (χ0v) is 20.9. The largest absolute Gasteiger partial charge is 0.618 e. The molecule has 0 unspecified atom stereocenters. The fourth-order valence-corrected chi connectivity index (χ4v) is 3.96. The van der Waals surface area contributed by atoms with E-state index in [4.69, 9.17) is 14.0 Å². The van der Waals surface area contributed by atoms with Gasteiger partial charge < -0.3 is 19.2 Å². The molecule has 0 atom stereocenters. The third-order valence-corrected chi connectivity index (χ3v) is 5.84. The Labute approximate surface area is 229 Å². The summed E-state index contributed by atoms with van der Waals surface area (Å²) in [7, 11) is 0. The van der Waals surface area contributed by atoms with Crippen LogP contribution in [0, 0.1) is 15.3 Å². The molecular formula is C28H19F3N4O6. The Hall–Kier alpha value is -5.46. The molecule has 2 aromatic heterocycles. The van der Waals surface area contributed by atoms with Gasteiger partial charge in [0.05, 0.1) is 10.5 Å². The number of halogens is 3. The summed E-state index contributed by atoms with van der Waals surface area (Å²) < 4.78 is 57.3. The molecule has 0 aliphatic rings. The second kappa shape index (κ2) is 11.3. The van der Waals surface area contributed by atoms with Crippen LogP contribution in [0.15, 0.2) is 95.6 Å². The van der Waals surface area contributed by atoms with Crippen LogP contribution < -0.4 is 14.2 Å². The predicted octanol–water partition coefficient (Wildman–Crippen LogP) is 6.12. The van der Waals surface area contributed by atoms with Crippen molar-refractivity contribution in [3.63, 3.8) is 0 Å². The quantitative estimate of drug-likeness (QED) is 0.0907. The summed E-state index contributed by atoms with van der Waals surface area (Å²) in [4.78, 5) is 15.4.